The van der Waals surface area contributed by atoms with E-state index in [1.807, 2.05) is 10.6 Å². The zero-order valence-corrected chi connectivity index (χ0v) is 22.4. The molecular weight excluding hydrogens is 527 g/mol. The third-order valence-corrected chi connectivity index (χ3v) is 6.37. The Bertz CT molecular complexity index is 1750. The molecule has 11 heteroatoms. The summed E-state index contributed by atoms with van der Waals surface area (Å²) in [5.41, 5.74) is 3.81. The van der Waals surface area contributed by atoms with Crippen molar-refractivity contribution in [1.82, 2.24) is 24.5 Å². The Hall–Kier alpha value is -5.21. The molecule has 0 radical (unpaired) electrons. The Morgan fingerprint density at radius 1 is 1.05 bits per heavy atom. The molecule has 0 unspecified atom stereocenters. The molecular formula is C30H25FN6O4. The van der Waals surface area contributed by atoms with Crippen LogP contribution in [0.4, 0.5) is 4.39 Å². The van der Waals surface area contributed by atoms with E-state index >= 15 is 0 Å². The summed E-state index contributed by atoms with van der Waals surface area (Å²) in [5.74, 6) is 0.670. The number of hydrogen-bond acceptors (Lipinski definition) is 9. The van der Waals surface area contributed by atoms with Crippen LogP contribution in [0.1, 0.15) is 33.1 Å². The lowest BCUT2D eigenvalue weighted by Gasteiger charge is -2.10. The summed E-state index contributed by atoms with van der Waals surface area (Å²) in [5, 5.41) is 8.91. The number of nitriles is 1. The molecule has 0 atom stereocenters. The molecule has 0 bridgehead atoms. The fourth-order valence-corrected chi connectivity index (χ4v) is 4.25. The van der Waals surface area contributed by atoms with E-state index in [0.717, 1.165) is 16.9 Å². The minimum Gasteiger partial charge on any atom is -0.473 e. The quantitative estimate of drug-likeness (QED) is 0.230. The highest BCUT2D eigenvalue weighted by atomic mass is 19.1. The molecule has 0 aliphatic heterocycles. The average molecular weight is 553 g/mol. The van der Waals surface area contributed by atoms with Crippen molar-refractivity contribution in [2.24, 2.45) is 0 Å². The summed E-state index contributed by atoms with van der Waals surface area (Å²) in [6, 6.07) is 16.6. The monoisotopic (exact) mass is 552 g/mol. The van der Waals surface area contributed by atoms with E-state index in [0.29, 0.717) is 53.7 Å². The van der Waals surface area contributed by atoms with E-state index in [9.17, 15) is 9.18 Å². The van der Waals surface area contributed by atoms with Crippen LogP contribution in [0.3, 0.4) is 0 Å². The number of carbonyl (C=O) groups is 1. The molecule has 0 spiro atoms. The zero-order valence-electron chi connectivity index (χ0n) is 22.4. The highest BCUT2D eigenvalue weighted by Crippen LogP contribution is 2.22. The molecule has 2 aromatic carbocycles. The number of fused-ring (bicyclic) bond motifs is 1. The van der Waals surface area contributed by atoms with E-state index in [-0.39, 0.29) is 12.2 Å². The second kappa shape index (κ2) is 12.3. The van der Waals surface area contributed by atoms with Crippen molar-refractivity contribution >= 4 is 17.0 Å². The molecule has 0 aliphatic carbocycles. The zero-order chi connectivity index (χ0) is 28.8. The van der Waals surface area contributed by atoms with Gasteiger partial charge in [0.2, 0.25) is 5.88 Å². The minimum absolute atomic E-state index is 0.0331. The van der Waals surface area contributed by atoms with Crippen molar-refractivity contribution in [2.75, 3.05) is 20.8 Å². The molecule has 5 rings (SSSR count). The van der Waals surface area contributed by atoms with Crippen LogP contribution < -0.4 is 4.74 Å². The number of aromatic nitrogens is 5. The van der Waals surface area contributed by atoms with Crippen LogP contribution in [-0.4, -0.2) is 51.3 Å². The van der Waals surface area contributed by atoms with Crippen molar-refractivity contribution in [3.63, 3.8) is 0 Å². The topological polar surface area (TPSA) is 125 Å². The number of imidazole rings is 1. The first kappa shape index (κ1) is 27.4. The molecule has 0 amide bonds. The maximum atomic E-state index is 14.2. The Labute approximate surface area is 235 Å². The van der Waals surface area contributed by atoms with E-state index in [4.69, 9.17) is 24.5 Å². The first-order valence-corrected chi connectivity index (χ1v) is 12.6. The minimum atomic E-state index is -0.510. The van der Waals surface area contributed by atoms with Gasteiger partial charge in [-0.2, -0.15) is 5.26 Å². The normalized spacial score (nSPS) is 10.9. The van der Waals surface area contributed by atoms with Gasteiger partial charge in [-0.25, -0.2) is 29.1 Å². The number of halogens is 1. The lowest BCUT2D eigenvalue weighted by atomic mass is 10.1. The summed E-state index contributed by atoms with van der Waals surface area (Å²) in [6.07, 6.45) is 3.71. The SMILES string of the molecule is COCCn1c(Cc2ncc(-c3cccc(OCc4ccc(C#N)cc4F)n3)cn2)nc2ccc(C(=O)OC)cc21. The number of hydrogen-bond donors (Lipinski definition) is 0. The molecule has 3 aromatic heterocycles. The number of benzene rings is 2. The van der Waals surface area contributed by atoms with Gasteiger partial charge in [0.25, 0.3) is 0 Å². The van der Waals surface area contributed by atoms with E-state index in [1.165, 1.54) is 25.3 Å². The van der Waals surface area contributed by atoms with Gasteiger partial charge in [-0.15, -0.1) is 0 Å². The van der Waals surface area contributed by atoms with Crippen molar-refractivity contribution in [1.29, 1.82) is 5.26 Å². The highest BCUT2D eigenvalue weighted by Gasteiger charge is 2.16. The van der Waals surface area contributed by atoms with Gasteiger partial charge in [0.15, 0.2) is 0 Å². The van der Waals surface area contributed by atoms with E-state index in [1.54, 1.807) is 55.9 Å². The van der Waals surface area contributed by atoms with Gasteiger partial charge in [0.05, 0.1) is 54.1 Å². The van der Waals surface area contributed by atoms with Crippen LogP contribution in [0.2, 0.25) is 0 Å². The van der Waals surface area contributed by atoms with Gasteiger partial charge in [-0.3, -0.25) is 0 Å². The first-order valence-electron chi connectivity index (χ1n) is 12.6. The fraction of sp³-hybridized carbons (Fsp3) is 0.200. The van der Waals surface area contributed by atoms with Crippen LogP contribution in [0.25, 0.3) is 22.3 Å². The lowest BCUT2D eigenvalue weighted by Crippen LogP contribution is -2.10. The van der Waals surface area contributed by atoms with Crippen molar-refractivity contribution in [2.45, 2.75) is 19.6 Å². The summed E-state index contributed by atoms with van der Waals surface area (Å²) >= 11 is 0. The molecule has 5 aromatic rings. The number of rotatable bonds is 10. The second-order valence-electron chi connectivity index (χ2n) is 9.00. The Kier molecular flexibility index (Phi) is 8.22. The van der Waals surface area contributed by atoms with Gasteiger partial charge >= 0.3 is 5.97 Å². The molecule has 10 nitrogen and oxygen atoms in total. The van der Waals surface area contributed by atoms with Crippen LogP contribution in [-0.2, 0) is 29.0 Å². The standard InChI is InChI=1S/C30H25FN6O4/c1-39-11-10-37-26-13-20(30(38)40-2)8-9-25(26)35-28(37)14-27-33-16-22(17-34-27)24-4-3-5-29(36-24)41-18-21-7-6-19(15-32)12-23(21)31/h3-9,12-13,16-17H,10-11,14,18H2,1-2H3. The van der Waals surface area contributed by atoms with Gasteiger partial charge in [-0.1, -0.05) is 12.1 Å². The third-order valence-electron chi connectivity index (χ3n) is 6.37. The lowest BCUT2D eigenvalue weighted by molar-refractivity contribution is 0.0601. The van der Waals surface area contributed by atoms with Crippen LogP contribution >= 0.6 is 0 Å². The maximum Gasteiger partial charge on any atom is 0.337 e. The predicted octanol–water partition coefficient (Wildman–Crippen LogP) is 4.50. The van der Waals surface area contributed by atoms with Gasteiger partial charge in [-0.05, 0) is 36.4 Å². The third kappa shape index (κ3) is 6.18. The molecule has 0 fully saturated rings. The van der Waals surface area contributed by atoms with Gasteiger partial charge < -0.3 is 18.8 Å². The van der Waals surface area contributed by atoms with Crippen molar-refractivity contribution in [3.05, 3.63) is 101 Å². The van der Waals surface area contributed by atoms with Crippen LogP contribution in [0.15, 0.2) is 67.0 Å². The highest BCUT2D eigenvalue weighted by molar-refractivity contribution is 5.93. The molecule has 0 saturated carbocycles. The van der Waals surface area contributed by atoms with Crippen LogP contribution in [0, 0.1) is 17.1 Å². The number of ether oxygens (including phenoxy) is 3. The molecule has 3 heterocycles. The number of pyridine rings is 1. The molecule has 206 valence electrons. The number of methoxy groups -OCH3 is 2. The van der Waals surface area contributed by atoms with Crippen LogP contribution in [0.5, 0.6) is 5.88 Å². The van der Waals surface area contributed by atoms with Crippen molar-refractivity contribution in [3.8, 4) is 23.2 Å². The predicted molar refractivity (Wildman–Crippen MR) is 146 cm³/mol. The van der Waals surface area contributed by atoms with E-state index in [2.05, 4.69) is 15.0 Å². The first-order chi connectivity index (χ1) is 20.0. The average Bonchev–Trinajstić information content (AvgIpc) is 3.35. The maximum absolute atomic E-state index is 14.2. The van der Waals surface area contributed by atoms with Crippen molar-refractivity contribution < 1.29 is 23.4 Å². The number of nitrogens with zero attached hydrogens (tertiary/aromatic N) is 6. The summed E-state index contributed by atoms with van der Waals surface area (Å²) in [7, 11) is 2.97. The molecule has 41 heavy (non-hydrogen) atoms. The summed E-state index contributed by atoms with van der Waals surface area (Å²) in [4.78, 5) is 30.3. The largest absolute Gasteiger partial charge is 0.473 e. The summed E-state index contributed by atoms with van der Waals surface area (Å²) in [6.45, 7) is 0.964. The molecule has 0 N–H and O–H groups in total. The fourth-order valence-electron chi connectivity index (χ4n) is 4.25. The number of carbonyl (C=O) groups excluding carboxylic acids is 1. The number of esters is 1. The van der Waals surface area contributed by atoms with Gasteiger partial charge in [0.1, 0.15) is 24.1 Å². The van der Waals surface area contributed by atoms with Gasteiger partial charge in [0, 0.05) is 43.2 Å². The second-order valence-corrected chi connectivity index (χ2v) is 9.00. The molecule has 0 aliphatic rings. The Morgan fingerprint density at radius 2 is 1.88 bits per heavy atom. The Morgan fingerprint density at radius 3 is 2.61 bits per heavy atom. The molecule has 0 saturated heterocycles. The Balaban J connectivity index is 1.33. The smallest absolute Gasteiger partial charge is 0.337 e. The van der Waals surface area contributed by atoms with E-state index < -0.39 is 11.8 Å². The summed E-state index contributed by atoms with van der Waals surface area (Å²) < 4.78 is 32.0.